The Morgan fingerprint density at radius 2 is 2.00 bits per heavy atom. The molecule has 1 atom stereocenters. The van der Waals surface area contributed by atoms with E-state index in [2.05, 4.69) is 0 Å². The smallest absolute Gasteiger partial charge is 0.356 e. The normalized spacial score (nSPS) is 12.2. The zero-order valence-electron chi connectivity index (χ0n) is 8.83. The molecule has 2 nitrogen and oxygen atoms in total. The van der Waals surface area contributed by atoms with Gasteiger partial charge in [0.2, 0.25) is 5.75 Å². The summed E-state index contributed by atoms with van der Waals surface area (Å²) < 4.78 is 4.90. The first-order valence-electron chi connectivity index (χ1n) is 4.67. The summed E-state index contributed by atoms with van der Waals surface area (Å²) in [5, 5.41) is 0.715. The Hall–Kier alpha value is -0.670. The number of carbonyl (C=O) groups excluding carboxylic acids is 1. The molecule has 15 heavy (non-hydrogen) atoms. The van der Waals surface area contributed by atoms with Crippen molar-refractivity contribution in [3.63, 3.8) is 0 Å². The van der Waals surface area contributed by atoms with Crippen LogP contribution in [0.15, 0.2) is 29.2 Å². The molecular formula is C11H14ClO2S+. The van der Waals surface area contributed by atoms with E-state index in [0.717, 1.165) is 4.90 Å². The van der Waals surface area contributed by atoms with Gasteiger partial charge in [-0.1, -0.05) is 11.6 Å². The van der Waals surface area contributed by atoms with Crippen molar-refractivity contribution in [2.24, 2.45) is 0 Å². The van der Waals surface area contributed by atoms with Gasteiger partial charge in [-0.05, 0) is 31.2 Å². The van der Waals surface area contributed by atoms with Gasteiger partial charge in [-0.3, -0.25) is 0 Å². The molecule has 0 aliphatic carbocycles. The summed E-state index contributed by atoms with van der Waals surface area (Å²) >= 11 is 5.78. The Bertz CT molecular complexity index is 324. The highest BCUT2D eigenvalue weighted by Crippen LogP contribution is 2.15. The van der Waals surface area contributed by atoms with Crippen LogP contribution in [0, 0.1) is 0 Å². The molecule has 0 fully saturated rings. The maximum Gasteiger partial charge on any atom is 0.356 e. The average Bonchev–Trinajstić information content (AvgIpc) is 2.18. The SMILES string of the molecule is CCOC(=O)C[S+](C)c1ccc(Cl)cc1. The number of ether oxygens (including phenoxy) is 1. The molecule has 1 aromatic carbocycles. The predicted octanol–water partition coefficient (Wildman–Crippen LogP) is 2.51. The molecule has 0 spiro atoms. The Balaban J connectivity index is 2.57. The Labute approximate surface area is 97.9 Å². The lowest BCUT2D eigenvalue weighted by Gasteiger charge is -2.02. The third-order valence-electron chi connectivity index (χ3n) is 1.86. The van der Waals surface area contributed by atoms with Gasteiger partial charge in [0.15, 0.2) is 4.90 Å². The summed E-state index contributed by atoms with van der Waals surface area (Å²) in [5.74, 6) is 0.299. The van der Waals surface area contributed by atoms with E-state index in [1.165, 1.54) is 0 Å². The molecule has 0 radical (unpaired) electrons. The van der Waals surface area contributed by atoms with Crippen LogP contribution in [0.25, 0.3) is 0 Å². The van der Waals surface area contributed by atoms with E-state index >= 15 is 0 Å². The van der Waals surface area contributed by atoms with Gasteiger partial charge in [-0.25, -0.2) is 4.79 Å². The third kappa shape index (κ3) is 4.14. The maximum absolute atomic E-state index is 11.3. The molecule has 0 amide bonds. The molecule has 0 saturated carbocycles. The lowest BCUT2D eigenvalue weighted by molar-refractivity contribution is -0.139. The Kier molecular flexibility index (Phi) is 4.99. The zero-order valence-corrected chi connectivity index (χ0v) is 10.4. The molecule has 0 aliphatic rings. The van der Waals surface area contributed by atoms with Crippen LogP contribution in [0.3, 0.4) is 0 Å². The molecule has 82 valence electrons. The summed E-state index contributed by atoms with van der Waals surface area (Å²) in [6.45, 7) is 2.25. The van der Waals surface area contributed by atoms with Crippen LogP contribution in [0.1, 0.15) is 6.92 Å². The van der Waals surface area contributed by atoms with Crippen LogP contribution >= 0.6 is 11.6 Å². The minimum absolute atomic E-state index is 0.106. The van der Waals surface area contributed by atoms with Crippen LogP contribution in [0.2, 0.25) is 5.02 Å². The minimum Gasteiger partial charge on any atom is -0.463 e. The van der Waals surface area contributed by atoms with Crippen molar-refractivity contribution in [2.75, 3.05) is 18.6 Å². The van der Waals surface area contributed by atoms with E-state index < -0.39 is 0 Å². The predicted molar refractivity (Wildman–Crippen MR) is 64.5 cm³/mol. The van der Waals surface area contributed by atoms with E-state index in [4.69, 9.17) is 16.3 Å². The summed E-state index contributed by atoms with van der Waals surface area (Å²) in [6.07, 6.45) is 2.03. The van der Waals surface area contributed by atoms with Gasteiger partial charge in [-0.2, -0.15) is 0 Å². The van der Waals surface area contributed by atoms with Crippen molar-refractivity contribution in [2.45, 2.75) is 11.8 Å². The highest BCUT2D eigenvalue weighted by atomic mass is 35.5. The number of halogens is 1. The quantitative estimate of drug-likeness (QED) is 0.602. The molecule has 0 N–H and O–H groups in total. The second kappa shape index (κ2) is 6.03. The van der Waals surface area contributed by atoms with Crippen molar-refractivity contribution in [3.8, 4) is 0 Å². The van der Waals surface area contributed by atoms with Gasteiger partial charge in [0.05, 0.1) is 6.61 Å². The molecule has 0 aromatic heterocycles. The van der Waals surface area contributed by atoms with E-state index in [-0.39, 0.29) is 16.9 Å². The zero-order chi connectivity index (χ0) is 11.3. The lowest BCUT2D eigenvalue weighted by Crippen LogP contribution is -2.17. The number of esters is 1. The van der Waals surface area contributed by atoms with Crippen molar-refractivity contribution in [3.05, 3.63) is 29.3 Å². The van der Waals surface area contributed by atoms with Gasteiger partial charge < -0.3 is 4.74 Å². The monoisotopic (exact) mass is 245 g/mol. The van der Waals surface area contributed by atoms with Crippen molar-refractivity contribution in [1.29, 1.82) is 0 Å². The molecular weight excluding hydrogens is 232 g/mol. The van der Waals surface area contributed by atoms with Crippen LogP contribution < -0.4 is 0 Å². The summed E-state index contributed by atoms with van der Waals surface area (Å²) in [7, 11) is -0.106. The summed E-state index contributed by atoms with van der Waals surface area (Å²) in [4.78, 5) is 12.4. The molecule has 0 bridgehead atoms. The molecule has 0 heterocycles. The third-order valence-corrected chi connectivity index (χ3v) is 3.85. The molecule has 1 unspecified atom stereocenters. The summed E-state index contributed by atoms with van der Waals surface area (Å²) in [5.41, 5.74) is 0. The van der Waals surface area contributed by atoms with E-state index in [0.29, 0.717) is 17.4 Å². The van der Waals surface area contributed by atoms with Crippen LogP contribution in [-0.4, -0.2) is 24.6 Å². The highest BCUT2D eigenvalue weighted by Gasteiger charge is 2.20. The minimum atomic E-state index is -0.140. The highest BCUT2D eigenvalue weighted by molar-refractivity contribution is 7.96. The average molecular weight is 246 g/mol. The fourth-order valence-electron chi connectivity index (χ4n) is 1.13. The molecule has 1 aromatic rings. The largest absolute Gasteiger partial charge is 0.463 e. The Morgan fingerprint density at radius 3 is 2.53 bits per heavy atom. The van der Waals surface area contributed by atoms with Gasteiger partial charge in [0, 0.05) is 15.9 Å². The number of rotatable bonds is 4. The van der Waals surface area contributed by atoms with Crippen molar-refractivity contribution in [1.82, 2.24) is 0 Å². The number of benzene rings is 1. The number of hydrogen-bond acceptors (Lipinski definition) is 2. The fraction of sp³-hybridized carbons (Fsp3) is 0.364. The van der Waals surface area contributed by atoms with E-state index in [9.17, 15) is 4.79 Å². The lowest BCUT2D eigenvalue weighted by atomic mass is 10.4. The Morgan fingerprint density at radius 1 is 1.40 bits per heavy atom. The van der Waals surface area contributed by atoms with Crippen molar-refractivity contribution >= 4 is 28.5 Å². The fourth-order valence-corrected chi connectivity index (χ4v) is 2.46. The van der Waals surface area contributed by atoms with Gasteiger partial charge in [0.25, 0.3) is 0 Å². The number of carbonyl (C=O) groups is 1. The topological polar surface area (TPSA) is 26.3 Å². The van der Waals surface area contributed by atoms with Crippen LogP contribution in [-0.2, 0) is 20.4 Å². The van der Waals surface area contributed by atoms with Crippen LogP contribution in [0.4, 0.5) is 0 Å². The van der Waals surface area contributed by atoms with E-state index in [1.54, 1.807) is 0 Å². The van der Waals surface area contributed by atoms with Gasteiger partial charge in [0.1, 0.15) is 6.26 Å². The first kappa shape index (κ1) is 12.4. The van der Waals surface area contributed by atoms with Crippen molar-refractivity contribution < 1.29 is 9.53 Å². The first-order valence-corrected chi connectivity index (χ1v) is 6.85. The van der Waals surface area contributed by atoms with Crippen LogP contribution in [0.5, 0.6) is 0 Å². The van der Waals surface area contributed by atoms with E-state index in [1.807, 2.05) is 37.4 Å². The van der Waals surface area contributed by atoms with Gasteiger partial charge >= 0.3 is 5.97 Å². The first-order chi connectivity index (χ1) is 7.13. The standard InChI is InChI=1S/C11H14ClO2S/c1-3-14-11(13)8-15(2)10-6-4-9(12)5-7-10/h4-7H,3,8H2,1-2H3/q+1. The molecule has 0 aliphatic heterocycles. The van der Waals surface area contributed by atoms with Gasteiger partial charge in [-0.15, -0.1) is 0 Å². The number of hydrogen-bond donors (Lipinski definition) is 0. The molecule has 1 rings (SSSR count). The second-order valence-corrected chi connectivity index (χ2v) is 5.51. The molecule has 0 saturated heterocycles. The summed E-state index contributed by atoms with van der Waals surface area (Å²) in [6, 6.07) is 7.58. The second-order valence-electron chi connectivity index (χ2n) is 3.04. The molecule has 4 heteroatoms. The maximum atomic E-state index is 11.3.